The summed E-state index contributed by atoms with van der Waals surface area (Å²) >= 11 is 0. The molecule has 3 rings (SSSR count). The fourth-order valence-corrected chi connectivity index (χ4v) is 3.40. The van der Waals surface area contributed by atoms with Crippen molar-refractivity contribution in [3.05, 3.63) is 63.4 Å². The first-order valence-electron chi connectivity index (χ1n) is 10.1. The van der Waals surface area contributed by atoms with Crippen LogP contribution in [0.2, 0.25) is 0 Å². The molecule has 0 aliphatic rings. The number of benzene rings is 2. The van der Waals surface area contributed by atoms with Gasteiger partial charge in [-0.1, -0.05) is 23.3 Å². The van der Waals surface area contributed by atoms with Crippen LogP contribution in [-0.4, -0.2) is 25.5 Å². The zero-order chi connectivity index (χ0) is 23.6. The van der Waals surface area contributed by atoms with Gasteiger partial charge >= 0.3 is 0 Å². The zero-order valence-corrected chi connectivity index (χ0v) is 18.1. The summed E-state index contributed by atoms with van der Waals surface area (Å²) < 4.78 is 5.63. The van der Waals surface area contributed by atoms with Crippen molar-refractivity contribution < 1.29 is 29.9 Å². The molecule has 7 heteroatoms. The number of phenols is 5. The van der Waals surface area contributed by atoms with Gasteiger partial charge in [-0.3, -0.25) is 4.79 Å². The molecule has 0 aliphatic carbocycles. The number of fused-ring (bicyclic) bond motifs is 1. The van der Waals surface area contributed by atoms with E-state index in [2.05, 4.69) is 6.08 Å². The molecule has 7 nitrogen and oxygen atoms in total. The maximum Gasteiger partial charge on any atom is 0.201 e. The van der Waals surface area contributed by atoms with Crippen molar-refractivity contribution in [2.45, 2.75) is 40.0 Å². The Labute approximate surface area is 184 Å². The minimum Gasteiger partial charge on any atom is -0.507 e. The maximum atomic E-state index is 12.7. The highest BCUT2D eigenvalue weighted by molar-refractivity contribution is 5.88. The lowest BCUT2D eigenvalue weighted by Crippen LogP contribution is -2.02. The average molecular weight is 438 g/mol. The summed E-state index contributed by atoms with van der Waals surface area (Å²) in [5.74, 6) is -2.65. The SMILES string of the molecule is CC(C)=CCC/C(C)=C/Cc1c(O)cc2oc(-c3ccc(O)c(O)c3O)cc(=O)c2c1O. The van der Waals surface area contributed by atoms with Crippen LogP contribution in [0.1, 0.15) is 39.2 Å². The van der Waals surface area contributed by atoms with Gasteiger partial charge < -0.3 is 29.9 Å². The van der Waals surface area contributed by atoms with Crippen molar-refractivity contribution in [1.29, 1.82) is 0 Å². The molecule has 0 spiro atoms. The third-order valence-corrected chi connectivity index (χ3v) is 5.22. The van der Waals surface area contributed by atoms with Crippen molar-refractivity contribution in [2.24, 2.45) is 0 Å². The third kappa shape index (κ3) is 4.56. The van der Waals surface area contributed by atoms with Crippen LogP contribution in [0, 0.1) is 0 Å². The molecular weight excluding hydrogens is 412 g/mol. The number of phenolic OH excluding ortho intramolecular Hbond substituents is 5. The lowest BCUT2D eigenvalue weighted by Gasteiger charge is -2.11. The molecule has 168 valence electrons. The smallest absolute Gasteiger partial charge is 0.201 e. The minimum absolute atomic E-state index is 0.0303. The van der Waals surface area contributed by atoms with Crippen LogP contribution in [0.25, 0.3) is 22.3 Å². The molecule has 0 aliphatic heterocycles. The van der Waals surface area contributed by atoms with E-state index in [1.54, 1.807) is 0 Å². The summed E-state index contributed by atoms with van der Waals surface area (Å²) in [5.41, 5.74) is 1.84. The molecule has 0 fully saturated rings. The van der Waals surface area contributed by atoms with Crippen LogP contribution in [-0.2, 0) is 6.42 Å². The summed E-state index contributed by atoms with van der Waals surface area (Å²) in [4.78, 5) is 12.7. The summed E-state index contributed by atoms with van der Waals surface area (Å²) in [7, 11) is 0. The number of allylic oxidation sites excluding steroid dienone is 4. The van der Waals surface area contributed by atoms with Crippen molar-refractivity contribution in [3.63, 3.8) is 0 Å². The standard InChI is InChI=1S/C25H26O7/c1-13(2)5-4-6-14(3)7-8-15-18(27)11-21-22(23(15)29)19(28)12-20(32-21)16-9-10-17(26)25(31)24(16)30/h5,7,9-12,26-27,29-31H,4,6,8H2,1-3H3/b14-7+. The van der Waals surface area contributed by atoms with Crippen LogP contribution >= 0.6 is 0 Å². The molecule has 0 amide bonds. The van der Waals surface area contributed by atoms with E-state index in [1.165, 1.54) is 17.7 Å². The van der Waals surface area contributed by atoms with E-state index in [4.69, 9.17) is 4.42 Å². The topological polar surface area (TPSA) is 131 Å². The number of aromatic hydroxyl groups is 5. The second kappa shape index (κ2) is 9.09. The molecule has 5 N–H and O–H groups in total. The van der Waals surface area contributed by atoms with E-state index in [1.807, 2.05) is 26.8 Å². The second-order valence-corrected chi connectivity index (χ2v) is 7.98. The Bertz CT molecular complexity index is 1290. The van der Waals surface area contributed by atoms with E-state index in [0.717, 1.165) is 30.5 Å². The zero-order valence-electron chi connectivity index (χ0n) is 18.1. The Morgan fingerprint density at radius 3 is 2.31 bits per heavy atom. The summed E-state index contributed by atoms with van der Waals surface area (Å²) in [6, 6.07) is 4.71. The molecule has 0 unspecified atom stereocenters. The highest BCUT2D eigenvalue weighted by atomic mass is 16.3. The molecule has 0 atom stereocenters. The highest BCUT2D eigenvalue weighted by Gasteiger charge is 2.20. The van der Waals surface area contributed by atoms with Crippen LogP contribution in [0.5, 0.6) is 28.7 Å². The molecule has 32 heavy (non-hydrogen) atoms. The monoisotopic (exact) mass is 438 g/mol. The molecule has 3 aromatic rings. The van der Waals surface area contributed by atoms with Gasteiger partial charge in [-0.2, -0.15) is 0 Å². The maximum absolute atomic E-state index is 12.7. The fraction of sp³-hybridized carbons (Fsp3) is 0.240. The lowest BCUT2D eigenvalue weighted by atomic mass is 10.0. The van der Waals surface area contributed by atoms with Crippen molar-refractivity contribution in [1.82, 2.24) is 0 Å². The van der Waals surface area contributed by atoms with Gasteiger partial charge in [-0.25, -0.2) is 0 Å². The van der Waals surface area contributed by atoms with Crippen molar-refractivity contribution in [2.75, 3.05) is 0 Å². The predicted octanol–water partition coefficient (Wildman–Crippen LogP) is 5.22. The van der Waals surface area contributed by atoms with Gasteiger partial charge in [0.1, 0.15) is 28.2 Å². The van der Waals surface area contributed by atoms with Gasteiger partial charge in [0.15, 0.2) is 16.9 Å². The van der Waals surface area contributed by atoms with Gasteiger partial charge in [0.2, 0.25) is 5.75 Å². The number of hydrogen-bond donors (Lipinski definition) is 5. The van der Waals surface area contributed by atoms with Gasteiger partial charge in [0, 0.05) is 17.7 Å². The van der Waals surface area contributed by atoms with Gasteiger partial charge in [0.25, 0.3) is 0 Å². The Balaban J connectivity index is 2.01. The van der Waals surface area contributed by atoms with Crippen LogP contribution in [0.15, 0.2) is 56.8 Å². The van der Waals surface area contributed by atoms with Crippen molar-refractivity contribution >= 4 is 11.0 Å². The van der Waals surface area contributed by atoms with Gasteiger partial charge in [-0.15, -0.1) is 0 Å². The Hall–Kier alpha value is -3.87. The Kier molecular flexibility index (Phi) is 6.48. The summed E-state index contributed by atoms with van der Waals surface area (Å²) in [5, 5.41) is 50.3. The molecular formula is C25H26O7. The van der Waals surface area contributed by atoms with E-state index in [9.17, 15) is 30.3 Å². The Morgan fingerprint density at radius 2 is 1.62 bits per heavy atom. The Morgan fingerprint density at radius 1 is 0.906 bits per heavy atom. The van der Waals surface area contributed by atoms with Crippen LogP contribution < -0.4 is 5.43 Å². The highest BCUT2D eigenvalue weighted by Crippen LogP contribution is 2.43. The van der Waals surface area contributed by atoms with E-state index >= 15 is 0 Å². The first kappa shape index (κ1) is 22.8. The quantitative estimate of drug-likeness (QED) is 0.263. The number of rotatable bonds is 6. The lowest BCUT2D eigenvalue weighted by molar-refractivity contribution is 0.368. The summed E-state index contributed by atoms with van der Waals surface area (Å²) in [6.45, 7) is 6.04. The first-order chi connectivity index (χ1) is 15.1. The normalized spacial score (nSPS) is 11.7. The molecule has 2 aromatic carbocycles. The van der Waals surface area contributed by atoms with Crippen LogP contribution in [0.4, 0.5) is 0 Å². The van der Waals surface area contributed by atoms with Crippen LogP contribution in [0.3, 0.4) is 0 Å². The average Bonchev–Trinajstić information content (AvgIpc) is 2.71. The predicted molar refractivity (Wildman–Crippen MR) is 122 cm³/mol. The molecule has 0 bridgehead atoms. The second-order valence-electron chi connectivity index (χ2n) is 7.98. The molecule has 0 saturated heterocycles. The molecule has 0 radical (unpaired) electrons. The largest absolute Gasteiger partial charge is 0.507 e. The number of hydrogen-bond acceptors (Lipinski definition) is 7. The van der Waals surface area contributed by atoms with E-state index in [-0.39, 0.29) is 45.8 Å². The van der Waals surface area contributed by atoms with E-state index in [0.29, 0.717) is 0 Å². The third-order valence-electron chi connectivity index (χ3n) is 5.22. The minimum atomic E-state index is -0.752. The first-order valence-corrected chi connectivity index (χ1v) is 10.1. The molecule has 1 heterocycles. The van der Waals surface area contributed by atoms with Gasteiger partial charge in [-0.05, 0) is 52.2 Å². The van der Waals surface area contributed by atoms with Gasteiger partial charge in [0.05, 0.1) is 5.56 Å². The molecule has 0 saturated carbocycles. The molecule has 1 aromatic heterocycles. The fourth-order valence-electron chi connectivity index (χ4n) is 3.40. The van der Waals surface area contributed by atoms with Crippen molar-refractivity contribution in [3.8, 4) is 40.1 Å². The summed E-state index contributed by atoms with van der Waals surface area (Å²) in [6.07, 6.45) is 6.01. The van der Waals surface area contributed by atoms with E-state index < -0.39 is 22.7 Å².